The molecule has 1 aromatic carbocycles. The summed E-state index contributed by atoms with van der Waals surface area (Å²) in [5.41, 5.74) is 1.32. The molecular weight excluding hydrogens is 340 g/mol. The van der Waals surface area contributed by atoms with E-state index in [0.29, 0.717) is 6.42 Å². The molecule has 2 rings (SSSR count). The average molecular weight is 375 g/mol. The normalized spacial score (nSPS) is 17.2. The zero-order valence-corrected chi connectivity index (χ0v) is 16.7. The maximum absolute atomic E-state index is 11.8. The lowest BCUT2D eigenvalue weighted by atomic mass is 10.2. The lowest BCUT2D eigenvalue weighted by molar-refractivity contribution is -0.129. The summed E-state index contributed by atoms with van der Waals surface area (Å²) in [7, 11) is 1.78. The second kappa shape index (κ2) is 12.3. The molecule has 150 valence electrons. The van der Waals surface area contributed by atoms with E-state index >= 15 is 0 Å². The molecule has 0 radical (unpaired) electrons. The Bertz CT molecular complexity index is 577. The predicted octanol–water partition coefficient (Wildman–Crippen LogP) is 2.20. The molecule has 6 heteroatoms. The summed E-state index contributed by atoms with van der Waals surface area (Å²) in [6, 6.07) is 10.7. The molecule has 1 heterocycles. The van der Waals surface area contributed by atoms with Crippen LogP contribution >= 0.6 is 0 Å². The van der Waals surface area contributed by atoms with E-state index in [2.05, 4.69) is 39.9 Å². The number of carbonyl (C=O) groups excluding carboxylic acids is 1. The Morgan fingerprint density at radius 1 is 1.26 bits per heavy atom. The van der Waals surface area contributed by atoms with Crippen LogP contribution in [0.1, 0.15) is 38.2 Å². The molecule has 27 heavy (non-hydrogen) atoms. The van der Waals surface area contributed by atoms with E-state index in [-0.39, 0.29) is 11.9 Å². The standard InChI is InChI=1S/C21H34N4O2/c1-3-20(26)25-14-11-19(17-25)24-21(22-2)23-13-7-8-15-27-16-12-18-9-5-4-6-10-18/h4-6,9-10,19H,3,7-8,11-17H2,1-2H3,(H2,22,23,24). The van der Waals surface area contributed by atoms with E-state index in [1.54, 1.807) is 7.05 Å². The van der Waals surface area contributed by atoms with Crippen LogP contribution in [-0.4, -0.2) is 62.7 Å². The quantitative estimate of drug-likeness (QED) is 0.374. The zero-order valence-electron chi connectivity index (χ0n) is 16.7. The molecule has 1 unspecified atom stereocenters. The van der Waals surface area contributed by atoms with Gasteiger partial charge in [0, 0.05) is 45.8 Å². The third kappa shape index (κ3) is 7.99. The summed E-state index contributed by atoms with van der Waals surface area (Å²) in [6.45, 7) is 5.94. The lowest BCUT2D eigenvalue weighted by Gasteiger charge is -2.18. The van der Waals surface area contributed by atoms with Gasteiger partial charge < -0.3 is 20.3 Å². The molecule has 0 aliphatic carbocycles. The molecule has 1 atom stereocenters. The van der Waals surface area contributed by atoms with Crippen LogP contribution in [0.2, 0.25) is 0 Å². The predicted molar refractivity (Wildman–Crippen MR) is 110 cm³/mol. The van der Waals surface area contributed by atoms with Crippen LogP contribution in [0.5, 0.6) is 0 Å². The number of likely N-dealkylation sites (tertiary alicyclic amines) is 1. The zero-order chi connectivity index (χ0) is 19.3. The van der Waals surface area contributed by atoms with Gasteiger partial charge in [-0.3, -0.25) is 9.79 Å². The molecule has 0 bridgehead atoms. The highest BCUT2D eigenvalue weighted by molar-refractivity contribution is 5.80. The van der Waals surface area contributed by atoms with E-state index in [4.69, 9.17) is 4.74 Å². The summed E-state index contributed by atoms with van der Waals surface area (Å²) in [5, 5.41) is 6.77. The highest BCUT2D eigenvalue weighted by Crippen LogP contribution is 2.10. The van der Waals surface area contributed by atoms with Crippen molar-refractivity contribution in [1.29, 1.82) is 0 Å². The van der Waals surface area contributed by atoms with Crippen LogP contribution in [-0.2, 0) is 16.0 Å². The number of carbonyl (C=O) groups is 1. The van der Waals surface area contributed by atoms with Crippen molar-refractivity contribution < 1.29 is 9.53 Å². The monoisotopic (exact) mass is 374 g/mol. The van der Waals surface area contributed by atoms with Crippen LogP contribution in [0, 0.1) is 0 Å². The molecule has 0 saturated carbocycles. The van der Waals surface area contributed by atoms with Crippen molar-refractivity contribution in [3.05, 3.63) is 35.9 Å². The molecule has 0 spiro atoms. The Balaban J connectivity index is 1.49. The minimum atomic E-state index is 0.231. The number of nitrogens with zero attached hydrogens (tertiary/aromatic N) is 2. The second-order valence-electron chi connectivity index (χ2n) is 6.88. The highest BCUT2D eigenvalue weighted by atomic mass is 16.5. The van der Waals surface area contributed by atoms with Crippen LogP contribution in [0.25, 0.3) is 0 Å². The number of benzene rings is 1. The number of amides is 1. The van der Waals surface area contributed by atoms with Gasteiger partial charge in [-0.05, 0) is 31.2 Å². The topological polar surface area (TPSA) is 66.0 Å². The smallest absolute Gasteiger partial charge is 0.222 e. The van der Waals surface area contributed by atoms with Crippen molar-refractivity contribution in [2.24, 2.45) is 4.99 Å². The fourth-order valence-electron chi connectivity index (χ4n) is 3.19. The van der Waals surface area contributed by atoms with Gasteiger partial charge in [-0.1, -0.05) is 37.3 Å². The van der Waals surface area contributed by atoms with Gasteiger partial charge in [-0.2, -0.15) is 0 Å². The molecule has 1 fully saturated rings. The molecule has 1 aliphatic heterocycles. The Labute approximate surface area is 163 Å². The fourth-order valence-corrected chi connectivity index (χ4v) is 3.19. The molecule has 2 N–H and O–H groups in total. The van der Waals surface area contributed by atoms with E-state index in [1.807, 2.05) is 17.9 Å². The lowest BCUT2D eigenvalue weighted by Crippen LogP contribution is -2.45. The van der Waals surface area contributed by atoms with E-state index in [0.717, 1.165) is 64.5 Å². The largest absolute Gasteiger partial charge is 0.381 e. The summed E-state index contributed by atoms with van der Waals surface area (Å²) in [6.07, 6.45) is 4.58. The van der Waals surface area contributed by atoms with Crippen molar-refractivity contribution in [1.82, 2.24) is 15.5 Å². The van der Waals surface area contributed by atoms with E-state index < -0.39 is 0 Å². The summed E-state index contributed by atoms with van der Waals surface area (Å²) < 4.78 is 5.71. The van der Waals surface area contributed by atoms with Crippen LogP contribution in [0.4, 0.5) is 0 Å². The van der Waals surface area contributed by atoms with Crippen molar-refractivity contribution in [2.45, 2.75) is 45.1 Å². The Kier molecular flexibility index (Phi) is 9.69. The summed E-state index contributed by atoms with van der Waals surface area (Å²) >= 11 is 0. The molecule has 1 saturated heterocycles. The van der Waals surface area contributed by atoms with Crippen molar-refractivity contribution in [3.8, 4) is 0 Å². The molecule has 0 aromatic heterocycles. The van der Waals surface area contributed by atoms with Gasteiger partial charge in [-0.15, -0.1) is 0 Å². The third-order valence-corrected chi connectivity index (χ3v) is 4.79. The minimum absolute atomic E-state index is 0.231. The van der Waals surface area contributed by atoms with Gasteiger partial charge in [0.15, 0.2) is 5.96 Å². The molecular formula is C21H34N4O2. The Morgan fingerprint density at radius 2 is 2.07 bits per heavy atom. The number of aliphatic imine (C=N–C) groups is 1. The maximum atomic E-state index is 11.8. The number of hydrogen-bond donors (Lipinski definition) is 2. The van der Waals surface area contributed by atoms with Crippen LogP contribution < -0.4 is 10.6 Å². The number of rotatable bonds is 10. The maximum Gasteiger partial charge on any atom is 0.222 e. The van der Waals surface area contributed by atoms with Gasteiger partial charge in [0.25, 0.3) is 0 Å². The Morgan fingerprint density at radius 3 is 2.81 bits per heavy atom. The minimum Gasteiger partial charge on any atom is -0.381 e. The summed E-state index contributed by atoms with van der Waals surface area (Å²) in [5.74, 6) is 1.05. The van der Waals surface area contributed by atoms with Gasteiger partial charge >= 0.3 is 0 Å². The van der Waals surface area contributed by atoms with Crippen molar-refractivity contribution >= 4 is 11.9 Å². The first-order valence-electron chi connectivity index (χ1n) is 10.1. The number of ether oxygens (including phenoxy) is 1. The van der Waals surface area contributed by atoms with Gasteiger partial charge in [0.1, 0.15) is 0 Å². The number of hydrogen-bond acceptors (Lipinski definition) is 3. The van der Waals surface area contributed by atoms with Gasteiger partial charge in [0.2, 0.25) is 5.91 Å². The van der Waals surface area contributed by atoms with Crippen LogP contribution in [0.15, 0.2) is 35.3 Å². The Hall–Kier alpha value is -2.08. The number of guanidine groups is 1. The molecule has 1 aliphatic rings. The molecule has 6 nitrogen and oxygen atoms in total. The third-order valence-electron chi connectivity index (χ3n) is 4.79. The van der Waals surface area contributed by atoms with Crippen LogP contribution in [0.3, 0.4) is 0 Å². The number of nitrogens with one attached hydrogen (secondary N) is 2. The first-order chi connectivity index (χ1) is 13.2. The van der Waals surface area contributed by atoms with Crippen molar-refractivity contribution in [2.75, 3.05) is 39.9 Å². The van der Waals surface area contributed by atoms with Gasteiger partial charge in [-0.25, -0.2) is 0 Å². The van der Waals surface area contributed by atoms with E-state index in [9.17, 15) is 4.79 Å². The fraction of sp³-hybridized carbons (Fsp3) is 0.619. The number of unbranched alkanes of at least 4 members (excludes halogenated alkanes) is 1. The van der Waals surface area contributed by atoms with Crippen molar-refractivity contribution in [3.63, 3.8) is 0 Å². The molecule has 1 aromatic rings. The van der Waals surface area contributed by atoms with E-state index in [1.165, 1.54) is 5.56 Å². The average Bonchev–Trinajstić information content (AvgIpc) is 3.17. The molecule has 1 amide bonds. The second-order valence-corrected chi connectivity index (χ2v) is 6.88. The SMILES string of the molecule is CCC(=O)N1CCC(NC(=NC)NCCCCOCCc2ccccc2)C1. The highest BCUT2D eigenvalue weighted by Gasteiger charge is 2.25. The first-order valence-corrected chi connectivity index (χ1v) is 10.1. The summed E-state index contributed by atoms with van der Waals surface area (Å²) in [4.78, 5) is 18.0. The first kappa shape index (κ1) is 21.2. The van der Waals surface area contributed by atoms with Gasteiger partial charge in [0.05, 0.1) is 6.61 Å².